The Morgan fingerprint density at radius 2 is 1.60 bits per heavy atom. The van der Waals surface area contributed by atoms with Gasteiger partial charge in [-0.25, -0.2) is 4.98 Å². The summed E-state index contributed by atoms with van der Waals surface area (Å²) >= 11 is 1.26. The highest BCUT2D eigenvalue weighted by molar-refractivity contribution is 7.17. The van der Waals surface area contributed by atoms with Crippen LogP contribution in [0.4, 0.5) is 5.13 Å². The Morgan fingerprint density at radius 3 is 2.34 bits per heavy atom. The van der Waals surface area contributed by atoms with Crippen molar-refractivity contribution in [1.82, 2.24) is 25.6 Å². The molecule has 1 aliphatic heterocycles. The maximum atomic E-state index is 13.1. The molecule has 11 heteroatoms. The molecule has 4 aromatic rings. The molecule has 1 fully saturated rings. The van der Waals surface area contributed by atoms with E-state index < -0.39 is 11.8 Å². The van der Waals surface area contributed by atoms with Gasteiger partial charge < -0.3 is 9.64 Å². The third-order valence-corrected chi connectivity index (χ3v) is 6.80. The van der Waals surface area contributed by atoms with E-state index in [9.17, 15) is 14.4 Å². The summed E-state index contributed by atoms with van der Waals surface area (Å²) < 4.78 is 6.55. The van der Waals surface area contributed by atoms with Gasteiger partial charge in [0, 0.05) is 18.5 Å². The number of fused-ring (bicyclic) bond motifs is 1. The number of hydrogen-bond acceptors (Lipinski definition) is 8. The van der Waals surface area contributed by atoms with E-state index in [1.165, 1.54) is 16.0 Å². The number of nitrogens with one attached hydrogen (secondary N) is 2. The summed E-state index contributed by atoms with van der Waals surface area (Å²) in [5.74, 6) is -1.12. The van der Waals surface area contributed by atoms with Gasteiger partial charge in [-0.3, -0.25) is 25.2 Å². The summed E-state index contributed by atoms with van der Waals surface area (Å²) in [6.45, 7) is 4.40. The van der Waals surface area contributed by atoms with Gasteiger partial charge in [0.1, 0.15) is 4.88 Å². The number of morpholine rings is 1. The number of carbonyl (C=O) groups excluding carboxylic acids is 2. The standard InChI is InChI=1S/C24H22N6O4S/c1-15-20(35-24(25-15)29-11-13-34-14-12-29)22(32)27-26-21(31)19-17-9-5-6-10-18(17)23(33)30(28-19)16-7-3-2-4-8-16/h2-10H,11-14H2,1H3,(H,26,31)(H,27,32). The van der Waals surface area contributed by atoms with Gasteiger partial charge >= 0.3 is 0 Å². The number of anilines is 1. The van der Waals surface area contributed by atoms with Crippen LogP contribution in [0.5, 0.6) is 0 Å². The van der Waals surface area contributed by atoms with Crippen LogP contribution in [0.2, 0.25) is 0 Å². The fourth-order valence-electron chi connectivity index (χ4n) is 3.81. The van der Waals surface area contributed by atoms with Crippen molar-refractivity contribution in [2.24, 2.45) is 0 Å². The van der Waals surface area contributed by atoms with E-state index in [0.29, 0.717) is 53.3 Å². The minimum Gasteiger partial charge on any atom is -0.378 e. The minimum atomic E-state index is -0.644. The normalized spacial score (nSPS) is 13.6. The second kappa shape index (κ2) is 9.65. The molecule has 2 aromatic heterocycles. The van der Waals surface area contributed by atoms with Crippen LogP contribution in [0, 0.1) is 6.92 Å². The van der Waals surface area contributed by atoms with Crippen LogP contribution in [-0.2, 0) is 4.74 Å². The summed E-state index contributed by atoms with van der Waals surface area (Å²) in [5, 5.41) is 5.79. The maximum absolute atomic E-state index is 13.1. The Balaban J connectivity index is 1.40. The van der Waals surface area contributed by atoms with Gasteiger partial charge in [0.15, 0.2) is 10.8 Å². The molecule has 0 bridgehead atoms. The first kappa shape index (κ1) is 22.7. The molecule has 0 unspecified atom stereocenters. The van der Waals surface area contributed by atoms with Crippen molar-refractivity contribution < 1.29 is 14.3 Å². The number of ether oxygens (including phenoxy) is 1. The number of aromatic nitrogens is 3. The zero-order valence-electron chi connectivity index (χ0n) is 18.9. The highest BCUT2D eigenvalue weighted by atomic mass is 32.1. The molecule has 0 radical (unpaired) electrons. The topological polar surface area (TPSA) is 118 Å². The van der Waals surface area contributed by atoms with Crippen molar-refractivity contribution in [1.29, 1.82) is 0 Å². The maximum Gasteiger partial charge on any atom is 0.290 e. The van der Waals surface area contributed by atoms with Crippen molar-refractivity contribution in [2.75, 3.05) is 31.2 Å². The van der Waals surface area contributed by atoms with E-state index in [-0.39, 0.29) is 11.3 Å². The van der Waals surface area contributed by atoms with E-state index in [0.717, 1.165) is 5.13 Å². The average molecular weight is 491 g/mol. The number of hydrogen-bond donors (Lipinski definition) is 2. The molecule has 1 saturated heterocycles. The third kappa shape index (κ3) is 4.51. The average Bonchev–Trinajstić information content (AvgIpc) is 3.30. The quantitative estimate of drug-likeness (QED) is 0.421. The molecule has 0 spiro atoms. The molecular weight excluding hydrogens is 468 g/mol. The van der Waals surface area contributed by atoms with E-state index in [2.05, 4.69) is 25.8 Å². The predicted molar refractivity (Wildman–Crippen MR) is 132 cm³/mol. The molecule has 1 aliphatic rings. The predicted octanol–water partition coefficient (Wildman–Crippen LogP) is 2.06. The van der Waals surface area contributed by atoms with Gasteiger partial charge in [-0.15, -0.1) is 0 Å². The molecule has 35 heavy (non-hydrogen) atoms. The Labute approximate surface area is 204 Å². The third-order valence-electron chi connectivity index (χ3n) is 5.58. The first-order valence-corrected chi connectivity index (χ1v) is 11.8. The van der Waals surface area contributed by atoms with Gasteiger partial charge in [0.25, 0.3) is 17.4 Å². The Kier molecular flexibility index (Phi) is 6.25. The summed E-state index contributed by atoms with van der Waals surface area (Å²) in [5.41, 5.74) is 5.65. The van der Waals surface area contributed by atoms with Gasteiger partial charge in [-0.1, -0.05) is 47.7 Å². The smallest absolute Gasteiger partial charge is 0.290 e. The molecule has 2 N–H and O–H groups in total. The largest absolute Gasteiger partial charge is 0.378 e. The first-order valence-electron chi connectivity index (χ1n) is 11.0. The zero-order chi connectivity index (χ0) is 24.4. The lowest BCUT2D eigenvalue weighted by Gasteiger charge is -2.25. The number of amides is 2. The van der Waals surface area contributed by atoms with Crippen molar-refractivity contribution >= 4 is 39.1 Å². The lowest BCUT2D eigenvalue weighted by molar-refractivity contribution is 0.0845. The molecule has 2 amide bonds. The van der Waals surface area contributed by atoms with Gasteiger partial charge in [0.2, 0.25) is 0 Å². The van der Waals surface area contributed by atoms with Crippen LogP contribution in [0.25, 0.3) is 16.5 Å². The van der Waals surface area contributed by atoms with E-state index >= 15 is 0 Å². The number of nitrogens with zero attached hydrogens (tertiary/aromatic N) is 4. The number of rotatable bonds is 4. The number of aryl methyl sites for hydroxylation is 1. The number of benzene rings is 2. The van der Waals surface area contributed by atoms with Crippen molar-refractivity contribution in [3.05, 3.63) is 81.2 Å². The molecule has 0 atom stereocenters. The van der Waals surface area contributed by atoms with Crippen LogP contribution < -0.4 is 21.3 Å². The molecular formula is C24H22N6O4S. The molecule has 3 heterocycles. The lowest BCUT2D eigenvalue weighted by atomic mass is 10.1. The monoisotopic (exact) mass is 490 g/mol. The SMILES string of the molecule is Cc1nc(N2CCOCC2)sc1C(=O)NNC(=O)c1nn(-c2ccccc2)c(=O)c2ccccc12. The Bertz CT molecular complexity index is 1460. The van der Waals surface area contributed by atoms with Crippen LogP contribution >= 0.6 is 11.3 Å². The molecule has 2 aromatic carbocycles. The number of hydrazine groups is 1. The van der Waals surface area contributed by atoms with Gasteiger partial charge in [0.05, 0.1) is 30.0 Å². The molecule has 0 saturated carbocycles. The van der Waals surface area contributed by atoms with Crippen molar-refractivity contribution in [3.63, 3.8) is 0 Å². The highest BCUT2D eigenvalue weighted by Crippen LogP contribution is 2.26. The molecule has 178 valence electrons. The van der Waals surface area contributed by atoms with Crippen LogP contribution in [0.15, 0.2) is 59.4 Å². The summed E-state index contributed by atoms with van der Waals surface area (Å²) in [6, 6.07) is 15.6. The van der Waals surface area contributed by atoms with Gasteiger partial charge in [-0.05, 0) is 25.1 Å². The molecule has 0 aliphatic carbocycles. The highest BCUT2D eigenvalue weighted by Gasteiger charge is 2.22. The van der Waals surface area contributed by atoms with E-state index in [1.54, 1.807) is 55.5 Å². The first-order chi connectivity index (χ1) is 17.0. The van der Waals surface area contributed by atoms with Crippen LogP contribution in [-0.4, -0.2) is 52.9 Å². The van der Waals surface area contributed by atoms with Crippen LogP contribution in [0.3, 0.4) is 0 Å². The summed E-state index contributed by atoms with van der Waals surface area (Å²) in [4.78, 5) is 45.9. The van der Waals surface area contributed by atoms with Crippen molar-refractivity contribution in [3.8, 4) is 5.69 Å². The molecule has 5 rings (SSSR count). The van der Waals surface area contributed by atoms with E-state index in [4.69, 9.17) is 4.74 Å². The van der Waals surface area contributed by atoms with Gasteiger partial charge in [-0.2, -0.15) is 9.78 Å². The zero-order valence-corrected chi connectivity index (χ0v) is 19.7. The second-order valence-electron chi connectivity index (χ2n) is 7.87. The van der Waals surface area contributed by atoms with Crippen molar-refractivity contribution in [2.45, 2.75) is 6.92 Å². The second-order valence-corrected chi connectivity index (χ2v) is 8.84. The fraction of sp³-hybridized carbons (Fsp3) is 0.208. The fourth-order valence-corrected chi connectivity index (χ4v) is 4.83. The summed E-state index contributed by atoms with van der Waals surface area (Å²) in [7, 11) is 0. The van der Waals surface area contributed by atoms with Crippen LogP contribution in [0.1, 0.15) is 25.9 Å². The number of para-hydroxylation sites is 1. The number of carbonyl (C=O) groups is 2. The Morgan fingerprint density at radius 1 is 0.943 bits per heavy atom. The molecule has 10 nitrogen and oxygen atoms in total. The van der Waals surface area contributed by atoms with E-state index in [1.807, 2.05) is 6.07 Å². The minimum absolute atomic E-state index is 0.0133. The lowest BCUT2D eigenvalue weighted by Crippen LogP contribution is -2.42. The Hall–Kier alpha value is -4.09. The summed E-state index contributed by atoms with van der Waals surface area (Å²) in [6.07, 6.45) is 0. The number of thiazole rings is 1.